The highest BCUT2D eigenvalue weighted by molar-refractivity contribution is 5.79. The largest absolute Gasteiger partial charge is 0.386 e. The molecule has 4 heteroatoms. The van der Waals surface area contributed by atoms with Gasteiger partial charge in [0.05, 0.1) is 6.10 Å². The van der Waals surface area contributed by atoms with Crippen LogP contribution in [0.25, 0.3) is 0 Å². The van der Waals surface area contributed by atoms with Crippen LogP contribution in [0, 0.1) is 11.7 Å². The van der Waals surface area contributed by atoms with Crippen LogP contribution in [-0.2, 0) is 4.79 Å². The van der Waals surface area contributed by atoms with Gasteiger partial charge in [-0.05, 0) is 18.9 Å². The van der Waals surface area contributed by atoms with E-state index in [1.165, 1.54) is 12.1 Å². The van der Waals surface area contributed by atoms with Crippen molar-refractivity contribution in [2.24, 2.45) is 5.92 Å². The number of carbonyl (C=O) groups is 1. The molecule has 0 spiro atoms. The van der Waals surface area contributed by atoms with Gasteiger partial charge in [-0.1, -0.05) is 30.4 Å². The van der Waals surface area contributed by atoms with E-state index in [1.54, 1.807) is 24.3 Å². The molecule has 1 unspecified atom stereocenters. The average molecular weight is 277 g/mol. The Morgan fingerprint density at radius 3 is 2.45 bits per heavy atom. The van der Waals surface area contributed by atoms with E-state index in [0.29, 0.717) is 12.8 Å². The zero-order valence-electron chi connectivity index (χ0n) is 11.4. The molecule has 0 fully saturated rings. The van der Waals surface area contributed by atoms with E-state index in [2.05, 4.69) is 18.5 Å². The van der Waals surface area contributed by atoms with Crippen molar-refractivity contribution in [1.29, 1.82) is 0 Å². The minimum atomic E-state index is -1.06. The van der Waals surface area contributed by atoms with Crippen LogP contribution in [0.4, 0.5) is 4.39 Å². The Hall–Kier alpha value is -1.94. The zero-order valence-corrected chi connectivity index (χ0v) is 11.4. The van der Waals surface area contributed by atoms with Crippen molar-refractivity contribution >= 4 is 5.91 Å². The molecule has 20 heavy (non-hydrogen) atoms. The summed E-state index contributed by atoms with van der Waals surface area (Å²) in [7, 11) is 0. The van der Waals surface area contributed by atoms with Crippen molar-refractivity contribution in [2.45, 2.75) is 18.9 Å². The summed E-state index contributed by atoms with van der Waals surface area (Å²) in [5.41, 5.74) is 0.178. The lowest BCUT2D eigenvalue weighted by molar-refractivity contribution is -0.125. The van der Waals surface area contributed by atoms with Crippen molar-refractivity contribution in [3.8, 4) is 0 Å². The maximum Gasteiger partial charge on any atom is 0.223 e. The minimum absolute atomic E-state index is 0.0233. The summed E-state index contributed by atoms with van der Waals surface area (Å²) in [5.74, 6) is -0.930. The highest BCUT2D eigenvalue weighted by Crippen LogP contribution is 2.16. The SMILES string of the molecule is C=CCC(CC=C)C(=O)NCC(O)c1ccccc1F. The Kier molecular flexibility index (Phi) is 6.67. The van der Waals surface area contributed by atoms with Crippen LogP contribution in [0.2, 0.25) is 0 Å². The van der Waals surface area contributed by atoms with E-state index in [4.69, 9.17) is 0 Å². The number of allylic oxidation sites excluding steroid dienone is 2. The average Bonchev–Trinajstić information content (AvgIpc) is 2.44. The Morgan fingerprint density at radius 1 is 1.30 bits per heavy atom. The predicted molar refractivity (Wildman–Crippen MR) is 77.5 cm³/mol. The fourth-order valence-corrected chi connectivity index (χ4v) is 1.91. The van der Waals surface area contributed by atoms with Crippen LogP contribution in [0.15, 0.2) is 49.6 Å². The zero-order chi connectivity index (χ0) is 15.0. The number of halogens is 1. The van der Waals surface area contributed by atoms with E-state index in [-0.39, 0.29) is 23.9 Å². The minimum Gasteiger partial charge on any atom is -0.386 e. The molecular formula is C16H20FNO2. The van der Waals surface area contributed by atoms with Gasteiger partial charge >= 0.3 is 0 Å². The molecule has 0 aromatic heterocycles. The summed E-state index contributed by atoms with van der Waals surface area (Å²) >= 11 is 0. The number of carbonyl (C=O) groups excluding carboxylic acids is 1. The molecule has 0 aliphatic heterocycles. The monoisotopic (exact) mass is 277 g/mol. The number of aliphatic hydroxyl groups excluding tert-OH is 1. The molecule has 1 aromatic carbocycles. The van der Waals surface area contributed by atoms with Gasteiger partial charge in [0.15, 0.2) is 0 Å². The molecule has 0 saturated heterocycles. The molecule has 3 nitrogen and oxygen atoms in total. The van der Waals surface area contributed by atoms with Crippen LogP contribution in [0.3, 0.4) is 0 Å². The maximum absolute atomic E-state index is 13.5. The first-order valence-corrected chi connectivity index (χ1v) is 6.52. The highest BCUT2D eigenvalue weighted by Gasteiger charge is 2.18. The molecule has 0 saturated carbocycles. The molecule has 0 bridgehead atoms. The highest BCUT2D eigenvalue weighted by atomic mass is 19.1. The second-order valence-corrected chi connectivity index (χ2v) is 4.53. The van der Waals surface area contributed by atoms with Crippen molar-refractivity contribution in [3.05, 3.63) is 61.0 Å². The van der Waals surface area contributed by atoms with E-state index in [1.807, 2.05) is 0 Å². The summed E-state index contributed by atoms with van der Waals surface area (Å²) in [6, 6.07) is 5.96. The van der Waals surface area contributed by atoms with Gasteiger partial charge in [-0.2, -0.15) is 0 Å². The fourth-order valence-electron chi connectivity index (χ4n) is 1.91. The Bertz CT molecular complexity index is 463. The number of hydrogen-bond donors (Lipinski definition) is 2. The molecule has 1 aromatic rings. The Morgan fingerprint density at radius 2 is 1.90 bits per heavy atom. The number of nitrogens with one attached hydrogen (secondary N) is 1. The van der Waals surface area contributed by atoms with E-state index in [0.717, 1.165) is 0 Å². The second-order valence-electron chi connectivity index (χ2n) is 4.53. The van der Waals surface area contributed by atoms with Gasteiger partial charge in [-0.3, -0.25) is 4.79 Å². The van der Waals surface area contributed by atoms with E-state index in [9.17, 15) is 14.3 Å². The topological polar surface area (TPSA) is 49.3 Å². The third kappa shape index (κ3) is 4.63. The van der Waals surface area contributed by atoms with Gasteiger partial charge in [0.2, 0.25) is 5.91 Å². The normalized spacial score (nSPS) is 11.9. The fraction of sp³-hybridized carbons (Fsp3) is 0.312. The molecule has 0 aliphatic rings. The smallest absolute Gasteiger partial charge is 0.223 e. The van der Waals surface area contributed by atoms with Gasteiger partial charge in [0.1, 0.15) is 5.82 Å². The van der Waals surface area contributed by atoms with Gasteiger partial charge in [-0.25, -0.2) is 4.39 Å². The third-order valence-electron chi connectivity index (χ3n) is 3.01. The van der Waals surface area contributed by atoms with Gasteiger partial charge in [-0.15, -0.1) is 13.2 Å². The summed E-state index contributed by atoms with van der Waals surface area (Å²) in [4.78, 5) is 11.9. The molecule has 1 atom stereocenters. The first kappa shape index (κ1) is 16.1. The lowest BCUT2D eigenvalue weighted by atomic mass is 10.00. The van der Waals surface area contributed by atoms with Crippen LogP contribution in [0.5, 0.6) is 0 Å². The van der Waals surface area contributed by atoms with Gasteiger partial charge in [0.25, 0.3) is 0 Å². The standard InChI is InChI=1S/C16H20FNO2/c1-3-7-12(8-4-2)16(20)18-11-15(19)13-9-5-6-10-14(13)17/h3-6,9-10,12,15,19H,1-2,7-8,11H2,(H,18,20). The number of rotatable bonds is 8. The van der Waals surface area contributed by atoms with Gasteiger partial charge in [0, 0.05) is 18.0 Å². The number of benzene rings is 1. The van der Waals surface area contributed by atoms with Crippen LogP contribution in [-0.4, -0.2) is 17.6 Å². The molecule has 0 radical (unpaired) electrons. The Balaban J connectivity index is 2.57. The lowest BCUT2D eigenvalue weighted by Gasteiger charge is -2.16. The van der Waals surface area contributed by atoms with Gasteiger partial charge < -0.3 is 10.4 Å². The van der Waals surface area contributed by atoms with Crippen molar-refractivity contribution in [3.63, 3.8) is 0 Å². The predicted octanol–water partition coefficient (Wildman–Crippen LogP) is 2.74. The molecule has 0 aliphatic carbocycles. The van der Waals surface area contributed by atoms with Crippen LogP contribution in [0.1, 0.15) is 24.5 Å². The first-order valence-electron chi connectivity index (χ1n) is 6.52. The third-order valence-corrected chi connectivity index (χ3v) is 3.01. The first-order chi connectivity index (χ1) is 9.60. The summed E-state index contributed by atoms with van der Waals surface area (Å²) in [6.45, 7) is 7.19. The quantitative estimate of drug-likeness (QED) is 0.718. The summed E-state index contributed by atoms with van der Waals surface area (Å²) in [5, 5.41) is 12.5. The van der Waals surface area contributed by atoms with Crippen molar-refractivity contribution in [1.82, 2.24) is 5.32 Å². The van der Waals surface area contributed by atoms with Crippen molar-refractivity contribution in [2.75, 3.05) is 6.54 Å². The Labute approximate surface area is 118 Å². The molecule has 108 valence electrons. The molecule has 1 rings (SSSR count). The maximum atomic E-state index is 13.5. The van der Waals surface area contributed by atoms with E-state index >= 15 is 0 Å². The number of hydrogen-bond acceptors (Lipinski definition) is 2. The summed E-state index contributed by atoms with van der Waals surface area (Å²) in [6.07, 6.45) is 3.34. The lowest BCUT2D eigenvalue weighted by Crippen LogP contribution is -2.33. The van der Waals surface area contributed by atoms with Crippen molar-refractivity contribution < 1.29 is 14.3 Å². The molecule has 2 N–H and O–H groups in total. The summed E-state index contributed by atoms with van der Waals surface area (Å²) < 4.78 is 13.5. The number of amides is 1. The molecule has 0 heterocycles. The number of aliphatic hydroxyl groups is 1. The molecule has 1 amide bonds. The van der Waals surface area contributed by atoms with E-state index < -0.39 is 11.9 Å². The molecular weight excluding hydrogens is 257 g/mol. The van der Waals surface area contributed by atoms with Crippen LogP contribution >= 0.6 is 0 Å². The second kappa shape index (κ2) is 8.27. The van der Waals surface area contributed by atoms with Crippen LogP contribution < -0.4 is 5.32 Å².